The number of benzene rings is 2. The van der Waals surface area contributed by atoms with E-state index in [0.717, 1.165) is 29.3 Å². The molecule has 2 atom stereocenters. The van der Waals surface area contributed by atoms with Crippen LogP contribution in [0.25, 0.3) is 0 Å². The number of sulfonamides is 1. The highest BCUT2D eigenvalue weighted by Crippen LogP contribution is 2.27. The van der Waals surface area contributed by atoms with Gasteiger partial charge in [0.2, 0.25) is 10.0 Å². The molecule has 3 rings (SSSR count). The smallest absolute Gasteiger partial charge is 0.255 e. The molecule has 1 fully saturated rings. The van der Waals surface area contributed by atoms with Gasteiger partial charge in [-0.2, -0.15) is 4.31 Å². The van der Waals surface area contributed by atoms with Gasteiger partial charge in [0.25, 0.3) is 5.91 Å². The Morgan fingerprint density at radius 1 is 1.25 bits per heavy atom. The van der Waals surface area contributed by atoms with Gasteiger partial charge >= 0.3 is 0 Å². The lowest BCUT2D eigenvalue weighted by Crippen LogP contribution is -2.42. The van der Waals surface area contributed by atoms with Crippen LogP contribution in [0.2, 0.25) is 5.02 Å². The minimum absolute atomic E-state index is 0.0119. The second-order valence-electron chi connectivity index (χ2n) is 7.94. The van der Waals surface area contributed by atoms with Gasteiger partial charge in [0.15, 0.2) is 0 Å². The predicted octanol–water partition coefficient (Wildman–Crippen LogP) is 4.37. The third kappa shape index (κ3) is 5.46. The van der Waals surface area contributed by atoms with Crippen molar-refractivity contribution in [3.05, 3.63) is 58.4 Å². The standard InChI is InChI=1S/C22H25ClF2N2O4S/c1-14-4-2-3-9-27(13-20(14)28)32(30,31)21-10-15(5-6-16(21)12-24)22(29)26-17-7-8-19(25)18(23)11-17/h5-8,10-11,14,20,28H,2-4,9,12-13H2,1H3,(H,26,29). The van der Waals surface area contributed by atoms with Gasteiger partial charge in [-0.15, -0.1) is 0 Å². The molecule has 2 N–H and O–H groups in total. The van der Waals surface area contributed by atoms with Crippen LogP contribution in [0.1, 0.15) is 42.1 Å². The van der Waals surface area contributed by atoms with Crippen LogP contribution >= 0.6 is 11.6 Å². The van der Waals surface area contributed by atoms with E-state index in [1.165, 1.54) is 24.3 Å². The molecule has 1 saturated heterocycles. The maximum absolute atomic E-state index is 13.6. The summed E-state index contributed by atoms with van der Waals surface area (Å²) in [6.45, 7) is 0.930. The SMILES string of the molecule is CC1CCCCN(S(=O)(=O)c2cc(C(=O)Nc3ccc(F)c(Cl)c3)ccc2CF)CC1O. The van der Waals surface area contributed by atoms with E-state index in [2.05, 4.69) is 5.32 Å². The van der Waals surface area contributed by atoms with Crippen molar-refractivity contribution in [2.45, 2.75) is 43.9 Å². The molecular formula is C22H25ClF2N2O4S. The zero-order valence-electron chi connectivity index (χ0n) is 17.5. The van der Waals surface area contributed by atoms with Crippen molar-refractivity contribution < 1.29 is 27.1 Å². The van der Waals surface area contributed by atoms with Crippen molar-refractivity contribution in [1.82, 2.24) is 4.31 Å². The molecule has 2 aromatic carbocycles. The third-order valence-electron chi connectivity index (χ3n) is 5.63. The maximum atomic E-state index is 13.6. The maximum Gasteiger partial charge on any atom is 0.255 e. The van der Waals surface area contributed by atoms with Crippen LogP contribution in [0.4, 0.5) is 14.5 Å². The summed E-state index contributed by atoms with van der Waals surface area (Å²) in [5.74, 6) is -1.36. The molecule has 174 valence electrons. The summed E-state index contributed by atoms with van der Waals surface area (Å²) in [5, 5.41) is 12.7. The van der Waals surface area contributed by atoms with Gasteiger partial charge in [-0.05, 0) is 49.1 Å². The van der Waals surface area contributed by atoms with E-state index >= 15 is 0 Å². The molecule has 1 aliphatic heterocycles. The highest BCUT2D eigenvalue weighted by Gasteiger charge is 2.32. The van der Waals surface area contributed by atoms with E-state index in [4.69, 9.17) is 11.6 Å². The monoisotopic (exact) mass is 486 g/mol. The van der Waals surface area contributed by atoms with Gasteiger partial charge in [-0.25, -0.2) is 17.2 Å². The molecule has 0 spiro atoms. The fourth-order valence-corrected chi connectivity index (χ4v) is 5.51. The number of β-amino-alcohol motifs (C(OH)–C–C–N with tert-alkyl or cyclic N) is 1. The number of aliphatic hydroxyl groups excluding tert-OH is 1. The fraction of sp³-hybridized carbons (Fsp3) is 0.409. The topological polar surface area (TPSA) is 86.7 Å². The molecule has 1 heterocycles. The van der Waals surface area contributed by atoms with Crippen LogP contribution in [0, 0.1) is 11.7 Å². The molecule has 6 nitrogen and oxygen atoms in total. The summed E-state index contributed by atoms with van der Waals surface area (Å²) >= 11 is 5.73. The number of aliphatic hydroxyl groups is 1. The number of rotatable bonds is 5. The lowest BCUT2D eigenvalue weighted by molar-refractivity contribution is 0.0803. The molecule has 0 aliphatic carbocycles. The molecular weight excluding hydrogens is 462 g/mol. The number of halogens is 3. The highest BCUT2D eigenvalue weighted by atomic mass is 35.5. The molecule has 32 heavy (non-hydrogen) atoms. The first kappa shape index (κ1) is 24.6. The molecule has 0 saturated carbocycles. The zero-order valence-corrected chi connectivity index (χ0v) is 19.1. The number of carbonyl (C=O) groups is 1. The van der Waals surface area contributed by atoms with Gasteiger partial charge in [-0.1, -0.05) is 31.0 Å². The van der Waals surface area contributed by atoms with Crippen molar-refractivity contribution >= 4 is 33.2 Å². The number of anilines is 1. The molecule has 0 aromatic heterocycles. The number of carbonyl (C=O) groups excluding carboxylic acids is 1. The molecule has 1 amide bonds. The Morgan fingerprint density at radius 3 is 2.69 bits per heavy atom. The van der Waals surface area contributed by atoms with E-state index < -0.39 is 34.5 Å². The highest BCUT2D eigenvalue weighted by molar-refractivity contribution is 7.89. The molecule has 2 aromatic rings. The van der Waals surface area contributed by atoms with E-state index in [1.807, 2.05) is 6.92 Å². The van der Waals surface area contributed by atoms with Crippen molar-refractivity contribution in [2.75, 3.05) is 18.4 Å². The predicted molar refractivity (Wildman–Crippen MR) is 118 cm³/mol. The summed E-state index contributed by atoms with van der Waals surface area (Å²) < 4.78 is 54.9. The summed E-state index contributed by atoms with van der Waals surface area (Å²) in [6.07, 6.45) is 1.34. The number of hydrogen-bond acceptors (Lipinski definition) is 4. The van der Waals surface area contributed by atoms with Gasteiger partial charge in [-0.3, -0.25) is 4.79 Å². The number of hydrogen-bond donors (Lipinski definition) is 2. The van der Waals surface area contributed by atoms with E-state index in [1.54, 1.807) is 0 Å². The second-order valence-corrected chi connectivity index (χ2v) is 10.3. The van der Waals surface area contributed by atoms with Crippen molar-refractivity contribution in [1.29, 1.82) is 0 Å². The van der Waals surface area contributed by atoms with Crippen LogP contribution in [-0.4, -0.2) is 42.9 Å². The first-order chi connectivity index (χ1) is 15.1. The first-order valence-corrected chi connectivity index (χ1v) is 12.1. The van der Waals surface area contributed by atoms with E-state index in [9.17, 15) is 27.1 Å². The summed E-state index contributed by atoms with van der Waals surface area (Å²) in [7, 11) is -4.16. The zero-order chi connectivity index (χ0) is 23.5. The lowest BCUT2D eigenvalue weighted by Gasteiger charge is -2.30. The number of nitrogens with one attached hydrogen (secondary N) is 1. The normalized spacial score (nSPS) is 20.4. The van der Waals surface area contributed by atoms with Crippen molar-refractivity contribution in [3.8, 4) is 0 Å². The van der Waals surface area contributed by atoms with Crippen molar-refractivity contribution in [3.63, 3.8) is 0 Å². The van der Waals surface area contributed by atoms with Crippen LogP contribution < -0.4 is 5.32 Å². The summed E-state index contributed by atoms with van der Waals surface area (Å²) in [6, 6.07) is 7.33. The van der Waals surface area contributed by atoms with Crippen LogP contribution in [0.3, 0.4) is 0 Å². The molecule has 0 bridgehead atoms. The van der Waals surface area contributed by atoms with Gasteiger partial charge in [0.1, 0.15) is 12.5 Å². The Kier molecular flexibility index (Phi) is 7.87. The van der Waals surface area contributed by atoms with Gasteiger partial charge in [0.05, 0.1) is 16.0 Å². The summed E-state index contributed by atoms with van der Waals surface area (Å²) in [4.78, 5) is 12.4. The van der Waals surface area contributed by atoms with E-state index in [-0.39, 0.29) is 45.7 Å². The molecule has 2 unspecified atom stereocenters. The Morgan fingerprint density at radius 2 is 2.00 bits per heavy atom. The van der Waals surface area contributed by atoms with Gasteiger partial charge in [0, 0.05) is 29.9 Å². The Labute approximate surface area is 191 Å². The minimum atomic E-state index is -4.16. The molecule has 10 heteroatoms. The molecule has 0 radical (unpaired) electrons. The fourth-order valence-electron chi connectivity index (χ4n) is 3.61. The Bertz CT molecular complexity index is 1100. The first-order valence-electron chi connectivity index (χ1n) is 10.3. The van der Waals surface area contributed by atoms with Crippen LogP contribution in [0.5, 0.6) is 0 Å². The number of amides is 1. The third-order valence-corrected chi connectivity index (χ3v) is 7.87. The Hall–Kier alpha value is -2.07. The summed E-state index contributed by atoms with van der Waals surface area (Å²) in [5.41, 5.74) is 0.138. The number of nitrogens with zero attached hydrogens (tertiary/aromatic N) is 1. The molecule has 1 aliphatic rings. The Balaban J connectivity index is 1.92. The van der Waals surface area contributed by atoms with Crippen LogP contribution in [0.15, 0.2) is 41.3 Å². The number of alkyl halides is 1. The second kappa shape index (κ2) is 10.2. The van der Waals surface area contributed by atoms with Crippen molar-refractivity contribution in [2.24, 2.45) is 5.92 Å². The average molecular weight is 487 g/mol. The quantitative estimate of drug-likeness (QED) is 0.657. The van der Waals surface area contributed by atoms with Crippen LogP contribution in [-0.2, 0) is 16.7 Å². The largest absolute Gasteiger partial charge is 0.391 e. The average Bonchev–Trinajstić information content (AvgIpc) is 2.76. The lowest BCUT2D eigenvalue weighted by atomic mass is 9.96. The van der Waals surface area contributed by atoms with E-state index in [0.29, 0.717) is 6.42 Å². The minimum Gasteiger partial charge on any atom is -0.391 e. The van der Waals surface area contributed by atoms with Gasteiger partial charge < -0.3 is 10.4 Å².